The zero-order valence-corrected chi connectivity index (χ0v) is 11.3. The largest absolute Gasteiger partial charge is 0.478 e. The van der Waals surface area contributed by atoms with Gasteiger partial charge in [-0.1, -0.05) is 0 Å². The van der Waals surface area contributed by atoms with Gasteiger partial charge in [0.25, 0.3) is 0 Å². The Hall–Kier alpha value is -1.10. The molecule has 1 aliphatic rings. The lowest BCUT2D eigenvalue weighted by Crippen LogP contribution is -2.39. The van der Waals surface area contributed by atoms with Gasteiger partial charge in [-0.15, -0.1) is 0 Å². The van der Waals surface area contributed by atoms with Crippen LogP contribution in [-0.4, -0.2) is 28.6 Å². The van der Waals surface area contributed by atoms with Gasteiger partial charge in [-0.05, 0) is 48.2 Å². The molecular weight excluding hydrogens is 284 g/mol. The molecule has 1 aliphatic heterocycles. The van der Waals surface area contributed by atoms with E-state index in [1.54, 1.807) is 12.3 Å². The van der Waals surface area contributed by atoms with Crippen LogP contribution in [-0.2, 0) is 0 Å². The summed E-state index contributed by atoms with van der Waals surface area (Å²) in [6.07, 6.45) is 5.05. The second-order valence-corrected chi connectivity index (χ2v) is 5.28. The number of aromatic nitrogens is 1. The van der Waals surface area contributed by atoms with Gasteiger partial charge < -0.3 is 10.0 Å². The normalized spacial score (nSPS) is 20.4. The molecule has 0 bridgehead atoms. The number of rotatable bonds is 2. The van der Waals surface area contributed by atoms with Crippen molar-refractivity contribution in [3.8, 4) is 0 Å². The van der Waals surface area contributed by atoms with Crippen molar-refractivity contribution in [2.45, 2.75) is 32.2 Å². The van der Waals surface area contributed by atoms with Crippen molar-refractivity contribution in [2.75, 3.05) is 11.4 Å². The maximum Gasteiger partial charge on any atom is 0.339 e. The number of hydrogen-bond donors (Lipinski definition) is 1. The Kier molecular flexibility index (Phi) is 3.66. The first-order chi connectivity index (χ1) is 8.09. The van der Waals surface area contributed by atoms with E-state index in [9.17, 15) is 9.90 Å². The molecule has 0 aliphatic carbocycles. The fourth-order valence-electron chi connectivity index (χ4n) is 2.23. The third-order valence-corrected chi connectivity index (χ3v) is 3.57. The number of hydrogen-bond acceptors (Lipinski definition) is 3. The number of halogens is 1. The van der Waals surface area contributed by atoms with Crippen LogP contribution in [0.2, 0.25) is 0 Å². The molecule has 0 radical (unpaired) electrons. The van der Waals surface area contributed by atoms with Crippen LogP contribution < -0.4 is 4.90 Å². The van der Waals surface area contributed by atoms with E-state index >= 15 is 0 Å². The minimum Gasteiger partial charge on any atom is -0.478 e. The van der Waals surface area contributed by atoms with Crippen LogP contribution in [0.25, 0.3) is 0 Å². The smallest absolute Gasteiger partial charge is 0.339 e. The number of carboxylic acids is 1. The standard InChI is InChI=1S/C12H15BrN2O2/c1-8-4-2-3-5-15(8)11-10(12(16)17)6-9(13)7-14-11/h6-8H,2-5H2,1H3,(H,16,17). The Morgan fingerprint density at radius 1 is 1.59 bits per heavy atom. The van der Waals surface area contributed by atoms with Crippen molar-refractivity contribution in [1.29, 1.82) is 0 Å². The molecule has 0 aromatic carbocycles. The molecule has 0 saturated carbocycles. The highest BCUT2D eigenvalue weighted by atomic mass is 79.9. The van der Waals surface area contributed by atoms with Crippen molar-refractivity contribution in [3.63, 3.8) is 0 Å². The summed E-state index contributed by atoms with van der Waals surface area (Å²) in [4.78, 5) is 17.6. The van der Waals surface area contributed by atoms with E-state index in [-0.39, 0.29) is 5.56 Å². The molecule has 2 heterocycles. The highest BCUT2D eigenvalue weighted by molar-refractivity contribution is 9.10. The summed E-state index contributed by atoms with van der Waals surface area (Å²) < 4.78 is 0.698. The number of nitrogens with zero attached hydrogens (tertiary/aromatic N) is 2. The van der Waals surface area contributed by atoms with Crippen LogP contribution in [0.1, 0.15) is 36.5 Å². The molecule has 1 N–H and O–H groups in total. The Balaban J connectivity index is 2.39. The third kappa shape index (κ3) is 2.60. The number of anilines is 1. The number of aromatic carboxylic acids is 1. The number of piperidine rings is 1. The van der Waals surface area contributed by atoms with Crippen LogP contribution in [0.3, 0.4) is 0 Å². The minimum atomic E-state index is -0.924. The van der Waals surface area contributed by atoms with Gasteiger partial charge in [-0.25, -0.2) is 9.78 Å². The molecule has 1 saturated heterocycles. The van der Waals surface area contributed by atoms with Crippen LogP contribution in [0, 0.1) is 0 Å². The van der Waals surface area contributed by atoms with Gasteiger partial charge in [0.1, 0.15) is 11.4 Å². The summed E-state index contributed by atoms with van der Waals surface area (Å²) in [7, 11) is 0. The van der Waals surface area contributed by atoms with Crippen molar-refractivity contribution in [1.82, 2.24) is 4.98 Å². The minimum absolute atomic E-state index is 0.271. The van der Waals surface area contributed by atoms with Crippen LogP contribution >= 0.6 is 15.9 Å². The summed E-state index contributed by atoms with van der Waals surface area (Å²) >= 11 is 3.26. The number of carboxylic acid groups (broad SMARTS) is 1. The topological polar surface area (TPSA) is 53.4 Å². The van der Waals surface area contributed by atoms with E-state index in [1.807, 2.05) is 0 Å². The molecule has 2 rings (SSSR count). The lowest BCUT2D eigenvalue weighted by molar-refractivity contribution is 0.0697. The van der Waals surface area contributed by atoms with E-state index in [2.05, 4.69) is 32.7 Å². The van der Waals surface area contributed by atoms with Crippen LogP contribution in [0.15, 0.2) is 16.7 Å². The molecule has 1 aromatic heterocycles. The second kappa shape index (κ2) is 5.04. The fourth-order valence-corrected chi connectivity index (χ4v) is 2.56. The zero-order valence-electron chi connectivity index (χ0n) is 9.69. The molecule has 0 spiro atoms. The van der Waals surface area contributed by atoms with Crippen molar-refractivity contribution in [2.24, 2.45) is 0 Å². The molecule has 17 heavy (non-hydrogen) atoms. The first kappa shape index (κ1) is 12.4. The molecular formula is C12H15BrN2O2. The Morgan fingerprint density at radius 2 is 2.35 bits per heavy atom. The predicted octanol–water partition coefficient (Wildman–Crippen LogP) is 2.92. The first-order valence-electron chi connectivity index (χ1n) is 5.75. The second-order valence-electron chi connectivity index (χ2n) is 4.37. The number of pyridine rings is 1. The van der Waals surface area contributed by atoms with Crippen molar-refractivity contribution >= 4 is 27.7 Å². The molecule has 1 unspecified atom stereocenters. The monoisotopic (exact) mass is 298 g/mol. The molecule has 5 heteroatoms. The van der Waals surface area contributed by atoms with E-state index in [4.69, 9.17) is 0 Å². The lowest BCUT2D eigenvalue weighted by atomic mass is 10.0. The predicted molar refractivity (Wildman–Crippen MR) is 69.6 cm³/mol. The molecule has 1 fully saturated rings. The molecule has 4 nitrogen and oxygen atoms in total. The summed E-state index contributed by atoms with van der Waals surface area (Å²) in [6.45, 7) is 3.00. The Labute approximate surface area is 109 Å². The van der Waals surface area contributed by atoms with E-state index < -0.39 is 5.97 Å². The van der Waals surface area contributed by atoms with Crippen molar-refractivity contribution < 1.29 is 9.90 Å². The van der Waals surface area contributed by atoms with Gasteiger partial charge in [-0.2, -0.15) is 0 Å². The van der Waals surface area contributed by atoms with Gasteiger partial charge in [0.2, 0.25) is 0 Å². The van der Waals surface area contributed by atoms with E-state index in [0.717, 1.165) is 19.4 Å². The molecule has 1 aromatic rings. The molecule has 0 amide bonds. The quantitative estimate of drug-likeness (QED) is 0.912. The van der Waals surface area contributed by atoms with Gasteiger partial charge in [0.15, 0.2) is 0 Å². The van der Waals surface area contributed by atoms with Gasteiger partial charge in [-0.3, -0.25) is 0 Å². The SMILES string of the molecule is CC1CCCCN1c1ncc(Br)cc1C(=O)O. The lowest BCUT2D eigenvalue weighted by Gasteiger charge is -2.35. The average molecular weight is 299 g/mol. The summed E-state index contributed by atoms with van der Waals surface area (Å²) in [5, 5.41) is 9.22. The first-order valence-corrected chi connectivity index (χ1v) is 6.54. The Bertz CT molecular complexity index is 437. The van der Waals surface area contributed by atoms with Gasteiger partial charge in [0, 0.05) is 23.3 Å². The number of carbonyl (C=O) groups is 1. The van der Waals surface area contributed by atoms with Gasteiger partial charge in [0.05, 0.1) is 0 Å². The third-order valence-electron chi connectivity index (χ3n) is 3.14. The maximum absolute atomic E-state index is 11.2. The highest BCUT2D eigenvalue weighted by Gasteiger charge is 2.24. The molecule has 92 valence electrons. The van der Waals surface area contributed by atoms with Crippen molar-refractivity contribution in [3.05, 3.63) is 22.3 Å². The average Bonchev–Trinajstić information content (AvgIpc) is 2.30. The maximum atomic E-state index is 11.2. The summed E-state index contributed by atoms with van der Waals surface area (Å²) in [6, 6.07) is 1.97. The Morgan fingerprint density at radius 3 is 3.00 bits per heavy atom. The summed E-state index contributed by atoms with van der Waals surface area (Å²) in [5.41, 5.74) is 0.271. The van der Waals surface area contributed by atoms with Crippen LogP contribution in [0.5, 0.6) is 0 Å². The highest BCUT2D eigenvalue weighted by Crippen LogP contribution is 2.27. The summed E-state index contributed by atoms with van der Waals surface area (Å²) in [5.74, 6) is -0.334. The fraction of sp³-hybridized carbons (Fsp3) is 0.500. The zero-order chi connectivity index (χ0) is 12.4. The van der Waals surface area contributed by atoms with E-state index in [0.29, 0.717) is 16.3 Å². The van der Waals surface area contributed by atoms with E-state index in [1.165, 1.54) is 6.42 Å². The van der Waals surface area contributed by atoms with Gasteiger partial charge >= 0.3 is 5.97 Å². The molecule has 1 atom stereocenters. The van der Waals surface area contributed by atoms with Crippen LogP contribution in [0.4, 0.5) is 5.82 Å².